The van der Waals surface area contributed by atoms with E-state index < -0.39 is 5.97 Å². The zero-order chi connectivity index (χ0) is 14.2. The second-order valence-corrected chi connectivity index (χ2v) is 5.05. The topological polar surface area (TPSA) is 83.6 Å². The summed E-state index contributed by atoms with van der Waals surface area (Å²) in [5.41, 5.74) is 7.55. The third-order valence-corrected chi connectivity index (χ3v) is 3.82. The lowest BCUT2D eigenvalue weighted by Crippen LogP contribution is -2.26. The highest BCUT2D eigenvalue weighted by atomic mass is 35.5. The minimum atomic E-state index is -1.06. The van der Waals surface area contributed by atoms with E-state index in [-0.39, 0.29) is 17.4 Å². The van der Waals surface area contributed by atoms with Crippen LogP contribution in [-0.2, 0) is 4.79 Å². The Morgan fingerprint density at radius 1 is 1.58 bits per heavy atom. The minimum Gasteiger partial charge on any atom is -0.478 e. The van der Waals surface area contributed by atoms with E-state index in [1.165, 1.54) is 12.1 Å². The zero-order valence-corrected chi connectivity index (χ0v) is 11.3. The van der Waals surface area contributed by atoms with Gasteiger partial charge in [0.2, 0.25) is 5.91 Å². The molecule has 3 N–H and O–H groups in total. The molecule has 1 fully saturated rings. The summed E-state index contributed by atoms with van der Waals surface area (Å²) >= 11 is 5.78. The Balaban J connectivity index is 2.44. The predicted octanol–water partition coefficient (Wildman–Crippen LogP) is 1.87. The standard InChI is InChI=1S/C13H15ClN2O3/c1-7-10(15)3-9(13(18)19)4-11(7)16-6-8(5-14)2-12(16)17/h3-4,8H,2,5-6,15H2,1H3,(H,18,19). The molecule has 5 nitrogen and oxygen atoms in total. The van der Waals surface area contributed by atoms with Gasteiger partial charge in [0.05, 0.1) is 5.56 Å². The van der Waals surface area contributed by atoms with Crippen LogP contribution in [-0.4, -0.2) is 29.4 Å². The van der Waals surface area contributed by atoms with Crippen molar-refractivity contribution in [2.45, 2.75) is 13.3 Å². The zero-order valence-electron chi connectivity index (χ0n) is 10.5. The molecule has 1 aromatic rings. The van der Waals surface area contributed by atoms with Crippen molar-refractivity contribution in [3.8, 4) is 0 Å². The highest BCUT2D eigenvalue weighted by molar-refractivity contribution is 6.18. The van der Waals surface area contributed by atoms with Crippen LogP contribution >= 0.6 is 11.6 Å². The van der Waals surface area contributed by atoms with E-state index in [1.807, 2.05) is 0 Å². The summed E-state index contributed by atoms with van der Waals surface area (Å²) in [6.07, 6.45) is 0.389. The maximum Gasteiger partial charge on any atom is 0.335 e. The van der Waals surface area contributed by atoms with Crippen molar-refractivity contribution >= 4 is 34.9 Å². The van der Waals surface area contributed by atoms with Crippen molar-refractivity contribution in [1.82, 2.24) is 0 Å². The number of alkyl halides is 1. The SMILES string of the molecule is Cc1c(N)cc(C(=O)O)cc1N1CC(CCl)CC1=O. The van der Waals surface area contributed by atoms with E-state index in [0.717, 1.165) is 0 Å². The molecular formula is C13H15ClN2O3. The maximum absolute atomic E-state index is 12.0. The van der Waals surface area contributed by atoms with Crippen LogP contribution in [0.25, 0.3) is 0 Å². The lowest BCUT2D eigenvalue weighted by Gasteiger charge is -2.20. The Hall–Kier alpha value is -1.75. The number of nitrogens with two attached hydrogens (primary N) is 1. The number of amides is 1. The summed E-state index contributed by atoms with van der Waals surface area (Å²) in [4.78, 5) is 24.6. The lowest BCUT2D eigenvalue weighted by atomic mass is 10.1. The van der Waals surface area contributed by atoms with Gasteiger partial charge in [0.15, 0.2) is 0 Å². The average molecular weight is 283 g/mol. The first-order valence-corrected chi connectivity index (χ1v) is 6.47. The minimum absolute atomic E-state index is 0.0457. The van der Waals surface area contributed by atoms with Crippen LogP contribution in [0.5, 0.6) is 0 Å². The number of carboxylic acid groups (broad SMARTS) is 1. The van der Waals surface area contributed by atoms with Gasteiger partial charge in [0.25, 0.3) is 0 Å². The molecule has 2 rings (SSSR count). The fraction of sp³-hybridized carbons (Fsp3) is 0.385. The molecule has 1 amide bonds. The number of carboxylic acids is 1. The molecule has 1 aromatic carbocycles. The highest BCUT2D eigenvalue weighted by Crippen LogP contribution is 2.32. The van der Waals surface area contributed by atoms with Gasteiger partial charge in [-0.05, 0) is 30.5 Å². The highest BCUT2D eigenvalue weighted by Gasteiger charge is 2.31. The third kappa shape index (κ3) is 2.51. The molecule has 6 heteroatoms. The maximum atomic E-state index is 12.0. The number of carbonyl (C=O) groups excluding carboxylic acids is 1. The summed E-state index contributed by atoms with van der Waals surface area (Å²) in [6, 6.07) is 2.89. The number of rotatable bonds is 3. The van der Waals surface area contributed by atoms with Gasteiger partial charge in [0, 0.05) is 30.2 Å². The Bertz CT molecular complexity index is 545. The molecule has 102 valence electrons. The molecule has 1 aliphatic heterocycles. The molecule has 0 spiro atoms. The molecule has 1 saturated heterocycles. The summed E-state index contributed by atoms with van der Waals surface area (Å²) in [5, 5.41) is 9.05. The van der Waals surface area contributed by atoms with E-state index in [4.69, 9.17) is 22.4 Å². The predicted molar refractivity (Wildman–Crippen MR) is 73.7 cm³/mol. The van der Waals surface area contributed by atoms with Crippen LogP contribution in [0.3, 0.4) is 0 Å². The largest absolute Gasteiger partial charge is 0.478 e. The van der Waals surface area contributed by atoms with Gasteiger partial charge in [-0.15, -0.1) is 11.6 Å². The number of carbonyl (C=O) groups is 2. The van der Waals surface area contributed by atoms with Crippen molar-refractivity contribution in [2.24, 2.45) is 5.92 Å². The van der Waals surface area contributed by atoms with Crippen LogP contribution in [0.4, 0.5) is 11.4 Å². The summed E-state index contributed by atoms with van der Waals surface area (Å²) < 4.78 is 0. The van der Waals surface area contributed by atoms with Crippen LogP contribution in [0.1, 0.15) is 22.3 Å². The van der Waals surface area contributed by atoms with E-state index in [9.17, 15) is 9.59 Å². The first-order valence-electron chi connectivity index (χ1n) is 5.93. The number of halogens is 1. The molecule has 0 bridgehead atoms. The first kappa shape index (κ1) is 13.7. The number of hydrogen-bond acceptors (Lipinski definition) is 3. The van der Waals surface area contributed by atoms with Crippen molar-refractivity contribution in [2.75, 3.05) is 23.1 Å². The fourth-order valence-corrected chi connectivity index (χ4v) is 2.45. The Morgan fingerprint density at radius 3 is 2.79 bits per heavy atom. The normalized spacial score (nSPS) is 18.9. The second-order valence-electron chi connectivity index (χ2n) is 4.74. The number of anilines is 2. The summed E-state index contributed by atoms with van der Waals surface area (Å²) in [5.74, 6) is -0.595. The van der Waals surface area contributed by atoms with Crippen molar-refractivity contribution in [3.05, 3.63) is 23.3 Å². The van der Waals surface area contributed by atoms with Crippen molar-refractivity contribution in [1.29, 1.82) is 0 Å². The molecule has 0 aromatic heterocycles. The lowest BCUT2D eigenvalue weighted by molar-refractivity contribution is -0.117. The van der Waals surface area contributed by atoms with Gasteiger partial charge in [-0.25, -0.2) is 4.79 Å². The summed E-state index contributed by atoms with van der Waals surface area (Å²) in [6.45, 7) is 2.28. The molecule has 1 heterocycles. The van der Waals surface area contributed by atoms with Crippen LogP contribution in [0.2, 0.25) is 0 Å². The van der Waals surface area contributed by atoms with Gasteiger partial charge in [-0.3, -0.25) is 4.79 Å². The molecule has 19 heavy (non-hydrogen) atoms. The Morgan fingerprint density at radius 2 is 2.26 bits per heavy atom. The van der Waals surface area contributed by atoms with Crippen LogP contribution in [0, 0.1) is 12.8 Å². The molecule has 0 saturated carbocycles. The van der Waals surface area contributed by atoms with Crippen molar-refractivity contribution in [3.63, 3.8) is 0 Å². The molecule has 1 aliphatic rings. The monoisotopic (exact) mass is 282 g/mol. The second kappa shape index (κ2) is 5.09. The number of nitrogen functional groups attached to an aromatic ring is 1. The number of aromatic carboxylic acids is 1. The van der Waals surface area contributed by atoms with Gasteiger partial charge in [0.1, 0.15) is 0 Å². The molecule has 1 unspecified atom stereocenters. The van der Waals surface area contributed by atoms with Crippen LogP contribution < -0.4 is 10.6 Å². The molecular weight excluding hydrogens is 268 g/mol. The number of nitrogens with zero attached hydrogens (tertiary/aromatic N) is 1. The summed E-state index contributed by atoms with van der Waals surface area (Å²) in [7, 11) is 0. The average Bonchev–Trinajstić information content (AvgIpc) is 2.73. The van der Waals surface area contributed by atoms with Crippen molar-refractivity contribution < 1.29 is 14.7 Å². The fourth-order valence-electron chi connectivity index (χ4n) is 2.24. The van der Waals surface area contributed by atoms with E-state index in [1.54, 1.807) is 11.8 Å². The van der Waals surface area contributed by atoms with Gasteiger partial charge in [-0.1, -0.05) is 0 Å². The smallest absolute Gasteiger partial charge is 0.335 e. The first-order chi connectivity index (χ1) is 8.93. The quantitative estimate of drug-likeness (QED) is 0.655. The number of benzene rings is 1. The third-order valence-electron chi connectivity index (χ3n) is 3.38. The Labute approximate surface area is 116 Å². The molecule has 0 radical (unpaired) electrons. The van der Waals surface area contributed by atoms with E-state index >= 15 is 0 Å². The van der Waals surface area contributed by atoms with Gasteiger partial charge >= 0.3 is 5.97 Å². The number of hydrogen-bond donors (Lipinski definition) is 2. The van der Waals surface area contributed by atoms with E-state index in [2.05, 4.69) is 0 Å². The van der Waals surface area contributed by atoms with Gasteiger partial charge in [-0.2, -0.15) is 0 Å². The van der Waals surface area contributed by atoms with E-state index in [0.29, 0.717) is 35.8 Å². The van der Waals surface area contributed by atoms with Gasteiger partial charge < -0.3 is 15.7 Å². The molecule has 0 aliphatic carbocycles. The molecule has 1 atom stereocenters. The van der Waals surface area contributed by atoms with Crippen LogP contribution in [0.15, 0.2) is 12.1 Å². The Kier molecular flexibility index (Phi) is 3.66.